The number of methoxy groups -OCH3 is 2. The van der Waals surface area contributed by atoms with Gasteiger partial charge in [-0.3, -0.25) is 0 Å². The minimum Gasteiger partial charge on any atom is -0.495 e. The van der Waals surface area contributed by atoms with Gasteiger partial charge in [0.1, 0.15) is 11.5 Å². The Labute approximate surface area is 101 Å². The van der Waals surface area contributed by atoms with Crippen molar-refractivity contribution < 1.29 is 9.47 Å². The third kappa shape index (κ3) is 3.07. The molecule has 0 saturated heterocycles. The normalized spacial score (nSPS) is 9.69. The van der Waals surface area contributed by atoms with Gasteiger partial charge in [-0.15, -0.1) is 6.58 Å². The Morgan fingerprint density at radius 1 is 1.31 bits per heavy atom. The zero-order valence-corrected chi connectivity index (χ0v) is 10.3. The second-order valence-corrected chi connectivity index (χ2v) is 3.60. The van der Waals surface area contributed by atoms with E-state index in [2.05, 4.69) is 11.9 Å². The van der Waals surface area contributed by atoms with Crippen LogP contribution in [0.1, 0.15) is 6.42 Å². The molecule has 1 rings (SSSR count). The van der Waals surface area contributed by atoms with Crippen molar-refractivity contribution in [1.82, 2.24) is 0 Å². The standard InChI is InChI=1S/C12H16ClNO2/c1-4-5-6-14-10-8-11(15-2)9(13)7-12(10)16-3/h4,7-8,14H,1,5-6H2,2-3H3. The summed E-state index contributed by atoms with van der Waals surface area (Å²) in [7, 11) is 3.19. The maximum atomic E-state index is 5.99. The first-order chi connectivity index (χ1) is 7.72. The van der Waals surface area contributed by atoms with Gasteiger partial charge < -0.3 is 14.8 Å². The van der Waals surface area contributed by atoms with Crippen molar-refractivity contribution in [3.05, 3.63) is 29.8 Å². The first-order valence-corrected chi connectivity index (χ1v) is 5.37. The van der Waals surface area contributed by atoms with Crippen molar-refractivity contribution in [3.63, 3.8) is 0 Å². The quantitative estimate of drug-likeness (QED) is 0.612. The van der Waals surface area contributed by atoms with Crippen LogP contribution in [0.5, 0.6) is 11.5 Å². The van der Waals surface area contributed by atoms with E-state index >= 15 is 0 Å². The number of hydrogen-bond acceptors (Lipinski definition) is 3. The van der Waals surface area contributed by atoms with Gasteiger partial charge in [0.25, 0.3) is 0 Å². The van der Waals surface area contributed by atoms with Gasteiger partial charge in [-0.05, 0) is 6.42 Å². The number of hydrogen-bond donors (Lipinski definition) is 1. The third-order valence-corrected chi connectivity index (χ3v) is 2.43. The van der Waals surface area contributed by atoms with Crippen molar-refractivity contribution in [2.75, 3.05) is 26.1 Å². The lowest BCUT2D eigenvalue weighted by molar-refractivity contribution is 0.404. The molecular weight excluding hydrogens is 226 g/mol. The Kier molecular flexibility index (Phi) is 4.99. The van der Waals surface area contributed by atoms with Gasteiger partial charge in [0.2, 0.25) is 0 Å². The molecule has 0 unspecified atom stereocenters. The highest BCUT2D eigenvalue weighted by Crippen LogP contribution is 2.35. The minimum absolute atomic E-state index is 0.536. The Bertz CT molecular complexity index is 366. The molecule has 0 amide bonds. The molecule has 4 heteroatoms. The fourth-order valence-corrected chi connectivity index (χ4v) is 1.54. The molecule has 0 saturated carbocycles. The van der Waals surface area contributed by atoms with E-state index in [1.54, 1.807) is 20.3 Å². The average Bonchev–Trinajstić information content (AvgIpc) is 2.30. The summed E-state index contributed by atoms with van der Waals surface area (Å²) in [5, 5.41) is 3.77. The van der Waals surface area contributed by atoms with Crippen molar-refractivity contribution in [2.24, 2.45) is 0 Å². The van der Waals surface area contributed by atoms with E-state index in [9.17, 15) is 0 Å². The maximum Gasteiger partial charge on any atom is 0.143 e. The molecule has 0 aromatic heterocycles. The Morgan fingerprint density at radius 3 is 2.56 bits per heavy atom. The number of benzene rings is 1. The SMILES string of the molecule is C=CCCNc1cc(OC)c(Cl)cc1OC. The molecule has 0 atom stereocenters. The van der Waals surface area contributed by atoms with E-state index in [-0.39, 0.29) is 0 Å². The average molecular weight is 242 g/mol. The van der Waals surface area contributed by atoms with Gasteiger partial charge >= 0.3 is 0 Å². The molecule has 0 radical (unpaired) electrons. The molecule has 88 valence electrons. The Hall–Kier alpha value is -1.35. The van der Waals surface area contributed by atoms with Gasteiger partial charge in [0.15, 0.2) is 0 Å². The molecule has 16 heavy (non-hydrogen) atoms. The first-order valence-electron chi connectivity index (χ1n) is 4.99. The summed E-state index contributed by atoms with van der Waals surface area (Å²) in [5.74, 6) is 1.33. The van der Waals surface area contributed by atoms with Crippen molar-refractivity contribution in [2.45, 2.75) is 6.42 Å². The van der Waals surface area contributed by atoms with Crippen LogP contribution in [0, 0.1) is 0 Å². The van der Waals surface area contributed by atoms with E-state index in [1.165, 1.54) is 0 Å². The van der Waals surface area contributed by atoms with Crippen LogP contribution >= 0.6 is 11.6 Å². The molecule has 0 fully saturated rings. The summed E-state index contributed by atoms with van der Waals surface area (Å²) in [4.78, 5) is 0. The fourth-order valence-electron chi connectivity index (χ4n) is 1.31. The van der Waals surface area contributed by atoms with Crippen LogP contribution in [0.3, 0.4) is 0 Å². The molecule has 0 heterocycles. The van der Waals surface area contributed by atoms with E-state index in [0.29, 0.717) is 16.5 Å². The van der Waals surface area contributed by atoms with Gasteiger partial charge in [-0.2, -0.15) is 0 Å². The van der Waals surface area contributed by atoms with E-state index in [0.717, 1.165) is 18.7 Å². The maximum absolute atomic E-state index is 5.99. The minimum atomic E-state index is 0.536. The second-order valence-electron chi connectivity index (χ2n) is 3.19. The van der Waals surface area contributed by atoms with Crippen LogP contribution in [0.4, 0.5) is 5.69 Å². The van der Waals surface area contributed by atoms with E-state index in [4.69, 9.17) is 21.1 Å². The van der Waals surface area contributed by atoms with Crippen LogP contribution < -0.4 is 14.8 Å². The van der Waals surface area contributed by atoms with Crippen LogP contribution in [-0.2, 0) is 0 Å². The third-order valence-electron chi connectivity index (χ3n) is 2.14. The smallest absolute Gasteiger partial charge is 0.143 e. The summed E-state index contributed by atoms with van der Waals surface area (Å²) in [6, 6.07) is 3.56. The topological polar surface area (TPSA) is 30.5 Å². The molecular formula is C12H16ClNO2. The van der Waals surface area contributed by atoms with Crippen LogP contribution in [0.2, 0.25) is 5.02 Å². The molecule has 0 bridgehead atoms. The summed E-state index contributed by atoms with van der Waals surface area (Å²) in [5.41, 5.74) is 0.866. The Morgan fingerprint density at radius 2 is 2.00 bits per heavy atom. The molecule has 0 aliphatic carbocycles. The van der Waals surface area contributed by atoms with Crippen molar-refractivity contribution in [3.8, 4) is 11.5 Å². The zero-order chi connectivity index (χ0) is 12.0. The monoisotopic (exact) mass is 241 g/mol. The molecule has 0 aliphatic rings. The molecule has 3 nitrogen and oxygen atoms in total. The second kappa shape index (κ2) is 6.28. The van der Waals surface area contributed by atoms with E-state index in [1.807, 2.05) is 12.1 Å². The molecule has 1 aromatic carbocycles. The van der Waals surface area contributed by atoms with Crippen LogP contribution in [-0.4, -0.2) is 20.8 Å². The summed E-state index contributed by atoms with van der Waals surface area (Å²) in [6.45, 7) is 4.46. The first kappa shape index (κ1) is 12.7. The largest absolute Gasteiger partial charge is 0.495 e. The lowest BCUT2D eigenvalue weighted by Gasteiger charge is -2.13. The van der Waals surface area contributed by atoms with Crippen molar-refractivity contribution >= 4 is 17.3 Å². The number of rotatable bonds is 6. The van der Waals surface area contributed by atoms with Crippen LogP contribution in [0.15, 0.2) is 24.8 Å². The van der Waals surface area contributed by atoms with E-state index < -0.39 is 0 Å². The molecule has 0 aliphatic heterocycles. The lowest BCUT2D eigenvalue weighted by atomic mass is 10.2. The van der Waals surface area contributed by atoms with Gasteiger partial charge in [0.05, 0.1) is 24.9 Å². The Balaban J connectivity index is 2.90. The van der Waals surface area contributed by atoms with Gasteiger partial charge in [-0.1, -0.05) is 17.7 Å². The lowest BCUT2D eigenvalue weighted by Crippen LogP contribution is -2.02. The summed E-state index contributed by atoms with van der Waals surface area (Å²) >= 11 is 5.99. The predicted molar refractivity (Wildman–Crippen MR) is 67.9 cm³/mol. The van der Waals surface area contributed by atoms with Crippen LogP contribution in [0.25, 0.3) is 0 Å². The zero-order valence-electron chi connectivity index (χ0n) is 9.55. The molecule has 1 aromatic rings. The fraction of sp³-hybridized carbons (Fsp3) is 0.333. The summed E-state index contributed by atoms with van der Waals surface area (Å²) < 4.78 is 10.4. The predicted octanol–water partition coefficient (Wildman–Crippen LogP) is 3.35. The van der Waals surface area contributed by atoms with Crippen molar-refractivity contribution in [1.29, 1.82) is 0 Å². The highest BCUT2D eigenvalue weighted by Gasteiger charge is 2.08. The van der Waals surface area contributed by atoms with Gasteiger partial charge in [-0.25, -0.2) is 0 Å². The highest BCUT2D eigenvalue weighted by molar-refractivity contribution is 6.32. The number of halogens is 1. The molecule has 1 N–H and O–H groups in total. The number of nitrogens with one attached hydrogen (secondary N) is 1. The molecule has 0 spiro atoms. The number of anilines is 1. The number of ether oxygens (including phenoxy) is 2. The van der Waals surface area contributed by atoms with Gasteiger partial charge in [0, 0.05) is 18.7 Å². The highest BCUT2D eigenvalue weighted by atomic mass is 35.5. The summed E-state index contributed by atoms with van der Waals surface area (Å²) in [6.07, 6.45) is 2.74.